The van der Waals surface area contributed by atoms with Crippen molar-refractivity contribution in [1.29, 1.82) is 0 Å². The molecule has 1 unspecified atom stereocenters. The minimum atomic E-state index is -0.195. The highest BCUT2D eigenvalue weighted by molar-refractivity contribution is 5.79. The molecular formula is C21H24N4O. The van der Waals surface area contributed by atoms with Gasteiger partial charge in [-0.25, -0.2) is 9.97 Å². The number of rotatable bonds is 3. The summed E-state index contributed by atoms with van der Waals surface area (Å²) < 4.78 is 0. The first kappa shape index (κ1) is 15.8. The smallest absolute Gasteiger partial charge is 0.226 e. The molecule has 0 spiro atoms. The summed E-state index contributed by atoms with van der Waals surface area (Å²) in [6, 6.07) is 7.07. The van der Waals surface area contributed by atoms with Crippen molar-refractivity contribution >= 4 is 11.9 Å². The summed E-state index contributed by atoms with van der Waals surface area (Å²) in [4.78, 5) is 23.7. The number of hydrogen-bond acceptors (Lipinski definition) is 4. The van der Waals surface area contributed by atoms with Gasteiger partial charge in [0, 0.05) is 35.3 Å². The summed E-state index contributed by atoms with van der Waals surface area (Å²) in [5.41, 5.74) is 12.8. The summed E-state index contributed by atoms with van der Waals surface area (Å²) >= 11 is 0. The van der Waals surface area contributed by atoms with Crippen LogP contribution in [0.4, 0.5) is 5.95 Å². The largest absolute Gasteiger partial charge is 0.369 e. The predicted molar refractivity (Wildman–Crippen MR) is 101 cm³/mol. The van der Waals surface area contributed by atoms with Gasteiger partial charge < -0.3 is 10.6 Å². The van der Waals surface area contributed by atoms with Crippen LogP contribution >= 0.6 is 0 Å². The molecule has 5 heteroatoms. The molecule has 26 heavy (non-hydrogen) atoms. The molecule has 5 rings (SSSR count). The number of aromatic nitrogens is 2. The Kier molecular flexibility index (Phi) is 3.52. The Balaban J connectivity index is 1.57. The standard InChI is InChI=1S/C21H24N4O/c1-12-7-8-25(12)21-23-18-4-2-3-17(18)19(24-21)14-6-5-13-9-16(20(22)26)11-15(13)10-14/h5-6,10,12,16H,2-4,7-9,11H2,1H3,(H2,22,26)/t12-,16?/m0/s1. The zero-order valence-corrected chi connectivity index (χ0v) is 15.2. The van der Waals surface area contributed by atoms with Gasteiger partial charge in [0.2, 0.25) is 11.9 Å². The first-order valence-electron chi connectivity index (χ1n) is 9.68. The highest BCUT2D eigenvalue weighted by Gasteiger charge is 2.30. The van der Waals surface area contributed by atoms with Crippen molar-refractivity contribution in [3.63, 3.8) is 0 Å². The maximum absolute atomic E-state index is 11.6. The van der Waals surface area contributed by atoms with Crippen LogP contribution in [0.25, 0.3) is 11.3 Å². The number of nitrogens with zero attached hydrogens (tertiary/aromatic N) is 3. The van der Waals surface area contributed by atoms with E-state index in [1.54, 1.807) is 0 Å². The number of anilines is 1. The third-order valence-electron chi connectivity index (χ3n) is 6.31. The van der Waals surface area contributed by atoms with E-state index < -0.39 is 0 Å². The summed E-state index contributed by atoms with van der Waals surface area (Å²) in [6.07, 6.45) is 6.00. The van der Waals surface area contributed by atoms with Gasteiger partial charge in [0.1, 0.15) is 0 Å². The fraction of sp³-hybridized carbons (Fsp3) is 0.476. The highest BCUT2D eigenvalue weighted by Crippen LogP contribution is 2.36. The molecule has 0 radical (unpaired) electrons. The molecule has 2 aromatic rings. The molecule has 2 heterocycles. The van der Waals surface area contributed by atoms with Gasteiger partial charge in [-0.15, -0.1) is 0 Å². The molecule has 1 amide bonds. The second kappa shape index (κ2) is 5.79. The fourth-order valence-corrected chi connectivity index (χ4v) is 4.57. The van der Waals surface area contributed by atoms with Gasteiger partial charge in [-0.2, -0.15) is 0 Å². The molecule has 3 aliphatic rings. The Morgan fingerprint density at radius 2 is 2.04 bits per heavy atom. The number of hydrogen-bond donors (Lipinski definition) is 1. The van der Waals surface area contributed by atoms with Crippen molar-refractivity contribution in [2.75, 3.05) is 11.4 Å². The quantitative estimate of drug-likeness (QED) is 0.925. The predicted octanol–water partition coefficient (Wildman–Crippen LogP) is 2.43. The zero-order chi connectivity index (χ0) is 17.8. The van der Waals surface area contributed by atoms with E-state index in [-0.39, 0.29) is 11.8 Å². The number of carbonyl (C=O) groups is 1. The maximum atomic E-state index is 11.6. The minimum absolute atomic E-state index is 0.0612. The van der Waals surface area contributed by atoms with Crippen LogP contribution in [-0.2, 0) is 30.5 Å². The lowest BCUT2D eigenvalue weighted by Crippen LogP contribution is -2.46. The second-order valence-corrected chi connectivity index (χ2v) is 7.97. The number of carbonyl (C=O) groups excluding carboxylic acids is 1. The minimum Gasteiger partial charge on any atom is -0.369 e. The third kappa shape index (κ3) is 2.41. The second-order valence-electron chi connectivity index (χ2n) is 7.97. The molecule has 2 aliphatic carbocycles. The lowest BCUT2D eigenvalue weighted by Gasteiger charge is -2.39. The van der Waals surface area contributed by atoms with E-state index in [2.05, 4.69) is 30.0 Å². The van der Waals surface area contributed by atoms with E-state index >= 15 is 0 Å². The van der Waals surface area contributed by atoms with Crippen LogP contribution in [-0.4, -0.2) is 28.5 Å². The van der Waals surface area contributed by atoms with Crippen molar-refractivity contribution < 1.29 is 4.79 Å². The Labute approximate surface area is 153 Å². The number of fused-ring (bicyclic) bond motifs is 2. The molecule has 5 nitrogen and oxygen atoms in total. The third-order valence-corrected chi connectivity index (χ3v) is 6.31. The Hall–Kier alpha value is -2.43. The van der Waals surface area contributed by atoms with Crippen LogP contribution < -0.4 is 10.6 Å². The first-order chi connectivity index (χ1) is 12.6. The number of amides is 1. The molecular weight excluding hydrogens is 324 g/mol. The number of aryl methyl sites for hydroxylation is 1. The van der Waals surface area contributed by atoms with Gasteiger partial charge >= 0.3 is 0 Å². The summed E-state index contributed by atoms with van der Waals surface area (Å²) in [7, 11) is 0. The van der Waals surface area contributed by atoms with Crippen molar-refractivity contribution in [2.24, 2.45) is 11.7 Å². The lowest BCUT2D eigenvalue weighted by atomic mass is 10.0. The first-order valence-corrected chi connectivity index (χ1v) is 9.68. The van der Waals surface area contributed by atoms with E-state index in [0.29, 0.717) is 6.04 Å². The van der Waals surface area contributed by atoms with Crippen LogP contribution in [0.3, 0.4) is 0 Å². The molecule has 2 N–H and O–H groups in total. The van der Waals surface area contributed by atoms with Gasteiger partial charge in [0.15, 0.2) is 0 Å². The molecule has 2 atom stereocenters. The van der Waals surface area contributed by atoms with E-state index in [4.69, 9.17) is 15.7 Å². The lowest BCUT2D eigenvalue weighted by molar-refractivity contribution is -0.121. The Bertz CT molecular complexity index is 907. The Morgan fingerprint density at radius 1 is 1.19 bits per heavy atom. The van der Waals surface area contributed by atoms with Crippen molar-refractivity contribution in [3.05, 3.63) is 40.6 Å². The van der Waals surface area contributed by atoms with Crippen molar-refractivity contribution in [1.82, 2.24) is 9.97 Å². The molecule has 0 saturated carbocycles. The highest BCUT2D eigenvalue weighted by atomic mass is 16.1. The molecule has 1 aromatic carbocycles. The van der Waals surface area contributed by atoms with Crippen molar-refractivity contribution in [3.8, 4) is 11.3 Å². The summed E-state index contributed by atoms with van der Waals surface area (Å²) in [5.74, 6) is 0.628. The fourth-order valence-electron chi connectivity index (χ4n) is 4.57. The van der Waals surface area contributed by atoms with Crippen LogP contribution in [0.5, 0.6) is 0 Å². The maximum Gasteiger partial charge on any atom is 0.226 e. The number of nitrogens with two attached hydrogens (primary N) is 1. The SMILES string of the molecule is C[C@H]1CCN1c1nc2c(c(-c3ccc4c(c3)CC(C(N)=O)C4)n1)CCC2. The van der Waals surface area contributed by atoms with E-state index in [0.717, 1.165) is 55.9 Å². The molecule has 0 bridgehead atoms. The zero-order valence-electron chi connectivity index (χ0n) is 15.2. The average molecular weight is 348 g/mol. The van der Waals surface area contributed by atoms with E-state index in [9.17, 15) is 4.79 Å². The van der Waals surface area contributed by atoms with Gasteiger partial charge in [0.25, 0.3) is 0 Å². The van der Waals surface area contributed by atoms with Crippen LogP contribution in [0.1, 0.15) is 42.1 Å². The average Bonchev–Trinajstić information content (AvgIpc) is 3.25. The topological polar surface area (TPSA) is 72.1 Å². The van der Waals surface area contributed by atoms with E-state index in [1.807, 2.05) is 0 Å². The normalized spacial score (nSPS) is 23.5. The summed E-state index contributed by atoms with van der Waals surface area (Å²) in [5, 5.41) is 0. The van der Waals surface area contributed by atoms with Gasteiger partial charge in [-0.05, 0) is 62.6 Å². The molecule has 1 fully saturated rings. The Morgan fingerprint density at radius 3 is 2.77 bits per heavy atom. The molecule has 134 valence electrons. The van der Waals surface area contributed by atoms with Crippen molar-refractivity contribution in [2.45, 2.75) is 51.5 Å². The van der Waals surface area contributed by atoms with Gasteiger partial charge in [-0.3, -0.25) is 4.79 Å². The molecule has 1 saturated heterocycles. The van der Waals surface area contributed by atoms with E-state index in [1.165, 1.54) is 28.8 Å². The molecule has 1 aromatic heterocycles. The van der Waals surface area contributed by atoms with Gasteiger partial charge in [0.05, 0.1) is 5.69 Å². The van der Waals surface area contributed by atoms with Crippen LogP contribution in [0, 0.1) is 5.92 Å². The number of primary amides is 1. The van der Waals surface area contributed by atoms with Crippen LogP contribution in [0.2, 0.25) is 0 Å². The number of benzene rings is 1. The molecule has 1 aliphatic heterocycles. The van der Waals surface area contributed by atoms with Crippen LogP contribution in [0.15, 0.2) is 18.2 Å². The monoisotopic (exact) mass is 348 g/mol. The van der Waals surface area contributed by atoms with Gasteiger partial charge in [-0.1, -0.05) is 12.1 Å². The summed E-state index contributed by atoms with van der Waals surface area (Å²) in [6.45, 7) is 3.28.